The number of benzene rings is 1. The van der Waals surface area contributed by atoms with E-state index in [0.717, 1.165) is 17.6 Å². The van der Waals surface area contributed by atoms with Crippen LogP contribution in [0.4, 0.5) is 4.39 Å². The summed E-state index contributed by atoms with van der Waals surface area (Å²) in [4.78, 5) is 0. The normalized spacial score (nSPS) is 22.5. The van der Waals surface area contributed by atoms with E-state index in [1.54, 1.807) is 0 Å². The molecule has 1 aliphatic rings. The van der Waals surface area contributed by atoms with Gasteiger partial charge in [-0.1, -0.05) is 37.3 Å². The fourth-order valence-corrected chi connectivity index (χ4v) is 1.87. The molecule has 0 aliphatic heterocycles. The monoisotopic (exact) mass is 176 g/mol. The zero-order valence-corrected chi connectivity index (χ0v) is 7.76. The van der Waals surface area contributed by atoms with Gasteiger partial charge in [0.2, 0.25) is 0 Å². The van der Waals surface area contributed by atoms with Gasteiger partial charge in [0.15, 0.2) is 0 Å². The van der Waals surface area contributed by atoms with Gasteiger partial charge < -0.3 is 0 Å². The first-order valence-corrected chi connectivity index (χ1v) is 4.70. The maximum Gasteiger partial charge on any atom is 0.104 e. The lowest BCUT2D eigenvalue weighted by atomic mass is 10.0. The van der Waals surface area contributed by atoms with Crippen molar-refractivity contribution < 1.29 is 4.39 Å². The predicted octanol–water partition coefficient (Wildman–Crippen LogP) is 3.80. The Bertz CT molecular complexity index is 324. The Labute approximate surface area is 78.1 Å². The smallest absolute Gasteiger partial charge is 0.104 e. The molecule has 0 nitrogen and oxygen atoms in total. The quantitative estimate of drug-likeness (QED) is 0.610. The van der Waals surface area contributed by atoms with E-state index >= 15 is 0 Å². The molecule has 13 heavy (non-hydrogen) atoms. The van der Waals surface area contributed by atoms with Crippen LogP contribution in [-0.2, 0) is 0 Å². The molecule has 0 saturated heterocycles. The van der Waals surface area contributed by atoms with Gasteiger partial charge in [-0.3, -0.25) is 0 Å². The lowest BCUT2D eigenvalue weighted by molar-refractivity contribution is 0.540. The molecule has 1 atom stereocenters. The van der Waals surface area contributed by atoms with Crippen LogP contribution in [0.5, 0.6) is 0 Å². The highest BCUT2D eigenvalue weighted by Gasteiger charge is 2.21. The molecule has 0 bridgehead atoms. The van der Waals surface area contributed by atoms with E-state index in [2.05, 4.69) is 6.92 Å². The summed E-state index contributed by atoms with van der Waals surface area (Å²) in [5.74, 6) is 0.550. The topological polar surface area (TPSA) is 0 Å². The van der Waals surface area contributed by atoms with Gasteiger partial charge in [0.1, 0.15) is 5.83 Å². The second kappa shape index (κ2) is 3.33. The summed E-state index contributed by atoms with van der Waals surface area (Å²) in [5.41, 5.74) is 1.96. The van der Waals surface area contributed by atoms with Gasteiger partial charge in [0.05, 0.1) is 0 Å². The Hall–Kier alpha value is -1.11. The Kier molecular flexibility index (Phi) is 2.17. The lowest BCUT2D eigenvalue weighted by Crippen LogP contribution is -1.85. The molecule has 68 valence electrons. The largest absolute Gasteiger partial charge is 0.211 e. The summed E-state index contributed by atoms with van der Waals surface area (Å²) in [6.45, 7) is 2.09. The Morgan fingerprint density at radius 3 is 2.38 bits per heavy atom. The molecule has 2 rings (SSSR count). The van der Waals surface area contributed by atoms with Crippen molar-refractivity contribution in [1.82, 2.24) is 0 Å². The van der Waals surface area contributed by atoms with Gasteiger partial charge in [-0.2, -0.15) is 0 Å². The van der Waals surface area contributed by atoms with Crippen LogP contribution in [0.25, 0.3) is 5.57 Å². The summed E-state index contributed by atoms with van der Waals surface area (Å²) >= 11 is 0. The van der Waals surface area contributed by atoms with Crippen LogP contribution in [-0.4, -0.2) is 0 Å². The van der Waals surface area contributed by atoms with Crippen molar-refractivity contribution in [3.8, 4) is 0 Å². The third-order valence-electron chi connectivity index (χ3n) is 2.53. The van der Waals surface area contributed by atoms with Crippen LogP contribution >= 0.6 is 0 Å². The number of hydrogen-bond acceptors (Lipinski definition) is 0. The number of allylic oxidation sites excluding steroid dienone is 2. The zero-order chi connectivity index (χ0) is 9.26. The molecule has 0 radical (unpaired) electrons. The molecular formula is C12H13F. The van der Waals surface area contributed by atoms with Crippen LogP contribution in [0.2, 0.25) is 0 Å². The first kappa shape index (κ1) is 8.49. The highest BCUT2D eigenvalue weighted by atomic mass is 19.1. The van der Waals surface area contributed by atoms with Crippen molar-refractivity contribution in [2.24, 2.45) is 5.92 Å². The molecule has 1 aromatic rings. The molecule has 0 amide bonds. The van der Waals surface area contributed by atoms with Crippen LogP contribution in [0.15, 0.2) is 36.2 Å². The molecule has 0 heterocycles. The standard InChI is InChI=1S/C12H13F/c1-9-7-11(12(13)8-9)10-5-3-2-4-6-10/h2-6,9H,7-8H2,1H3. The van der Waals surface area contributed by atoms with Crippen LogP contribution in [0.3, 0.4) is 0 Å². The van der Waals surface area contributed by atoms with Crippen molar-refractivity contribution in [2.75, 3.05) is 0 Å². The molecule has 1 heteroatoms. The van der Waals surface area contributed by atoms with E-state index < -0.39 is 0 Å². The zero-order valence-electron chi connectivity index (χ0n) is 7.76. The molecule has 1 aromatic carbocycles. The van der Waals surface area contributed by atoms with Crippen molar-refractivity contribution in [1.29, 1.82) is 0 Å². The molecule has 1 aliphatic carbocycles. The van der Waals surface area contributed by atoms with Crippen molar-refractivity contribution in [3.05, 3.63) is 41.7 Å². The third kappa shape index (κ3) is 1.64. The molecule has 1 unspecified atom stereocenters. The minimum atomic E-state index is 0.0821. The minimum Gasteiger partial charge on any atom is -0.211 e. The maximum absolute atomic E-state index is 13.4. The van der Waals surface area contributed by atoms with E-state index in [4.69, 9.17) is 0 Å². The fraction of sp³-hybridized carbons (Fsp3) is 0.333. The second-order valence-corrected chi connectivity index (χ2v) is 3.76. The highest BCUT2D eigenvalue weighted by Crippen LogP contribution is 2.37. The Balaban J connectivity index is 2.33. The van der Waals surface area contributed by atoms with E-state index in [1.807, 2.05) is 30.3 Å². The minimum absolute atomic E-state index is 0.0821. The lowest BCUT2D eigenvalue weighted by Gasteiger charge is -2.02. The number of halogens is 1. The first-order chi connectivity index (χ1) is 6.27. The Morgan fingerprint density at radius 2 is 1.85 bits per heavy atom. The molecule has 0 saturated carbocycles. The van der Waals surface area contributed by atoms with E-state index in [9.17, 15) is 4.39 Å². The van der Waals surface area contributed by atoms with Gasteiger partial charge in [-0.05, 0) is 23.5 Å². The number of hydrogen-bond donors (Lipinski definition) is 0. The van der Waals surface area contributed by atoms with Gasteiger partial charge in [0, 0.05) is 6.42 Å². The molecule has 0 aromatic heterocycles. The van der Waals surface area contributed by atoms with E-state index in [0.29, 0.717) is 12.3 Å². The fourth-order valence-electron chi connectivity index (χ4n) is 1.87. The highest BCUT2D eigenvalue weighted by molar-refractivity contribution is 5.69. The van der Waals surface area contributed by atoms with Crippen LogP contribution < -0.4 is 0 Å². The average molecular weight is 176 g/mol. The molecule has 0 fully saturated rings. The Morgan fingerprint density at radius 1 is 1.15 bits per heavy atom. The van der Waals surface area contributed by atoms with Crippen LogP contribution in [0.1, 0.15) is 25.3 Å². The maximum atomic E-state index is 13.4. The summed E-state index contributed by atoms with van der Waals surface area (Å²) in [6, 6.07) is 9.83. The van der Waals surface area contributed by atoms with Crippen molar-refractivity contribution in [3.63, 3.8) is 0 Å². The van der Waals surface area contributed by atoms with Crippen molar-refractivity contribution in [2.45, 2.75) is 19.8 Å². The van der Waals surface area contributed by atoms with Crippen molar-refractivity contribution >= 4 is 5.57 Å². The predicted molar refractivity (Wildman–Crippen MR) is 52.9 cm³/mol. The molecular weight excluding hydrogens is 163 g/mol. The van der Waals surface area contributed by atoms with Crippen LogP contribution in [0, 0.1) is 5.92 Å². The third-order valence-corrected chi connectivity index (χ3v) is 2.53. The van der Waals surface area contributed by atoms with Gasteiger partial charge in [-0.15, -0.1) is 0 Å². The van der Waals surface area contributed by atoms with Gasteiger partial charge >= 0.3 is 0 Å². The molecule has 0 spiro atoms. The van der Waals surface area contributed by atoms with E-state index in [-0.39, 0.29) is 5.83 Å². The number of rotatable bonds is 1. The summed E-state index contributed by atoms with van der Waals surface area (Å²) in [7, 11) is 0. The summed E-state index contributed by atoms with van der Waals surface area (Å²) in [5, 5.41) is 0. The summed E-state index contributed by atoms with van der Waals surface area (Å²) < 4.78 is 13.4. The molecule has 0 N–H and O–H groups in total. The first-order valence-electron chi connectivity index (χ1n) is 4.70. The van der Waals surface area contributed by atoms with Gasteiger partial charge in [0.25, 0.3) is 0 Å². The summed E-state index contributed by atoms with van der Waals surface area (Å²) in [6.07, 6.45) is 1.50. The average Bonchev–Trinajstić information content (AvgIpc) is 2.47. The SMILES string of the molecule is CC1CC(F)=C(c2ccccc2)C1. The van der Waals surface area contributed by atoms with Gasteiger partial charge in [-0.25, -0.2) is 4.39 Å². The second-order valence-electron chi connectivity index (χ2n) is 3.76. The van der Waals surface area contributed by atoms with E-state index in [1.165, 1.54) is 0 Å².